The second kappa shape index (κ2) is 14.8. The summed E-state index contributed by atoms with van der Waals surface area (Å²) in [5.41, 5.74) is 12.1. The molecule has 0 spiro atoms. The first kappa shape index (κ1) is 32.8. The number of rotatable bonds is 9. The summed E-state index contributed by atoms with van der Waals surface area (Å²) in [7, 11) is 0. The van der Waals surface area contributed by atoms with Crippen molar-refractivity contribution in [2.45, 2.75) is 39.5 Å². The van der Waals surface area contributed by atoms with E-state index in [1.165, 1.54) is 54.3 Å². The fraction of sp³-hybridized carbons (Fsp3) is 0.130. The molecule has 7 rings (SSSR count). The van der Waals surface area contributed by atoms with Crippen LogP contribution in [0.5, 0.6) is 0 Å². The van der Waals surface area contributed by atoms with E-state index in [1.807, 2.05) is 12.4 Å². The summed E-state index contributed by atoms with van der Waals surface area (Å²) in [6.07, 6.45) is 3.91. The summed E-state index contributed by atoms with van der Waals surface area (Å²) in [5, 5.41) is 0. The van der Waals surface area contributed by atoms with Crippen LogP contribution < -0.4 is 9.81 Å². The molecule has 49 heavy (non-hydrogen) atoms. The van der Waals surface area contributed by atoms with Crippen LogP contribution in [0.4, 0.5) is 0 Å². The van der Waals surface area contributed by atoms with Gasteiger partial charge in [-0.15, -0.1) is 0 Å². The molecule has 0 bridgehead atoms. The van der Waals surface area contributed by atoms with Gasteiger partial charge in [0.1, 0.15) is 0 Å². The van der Waals surface area contributed by atoms with Crippen molar-refractivity contribution in [3.8, 4) is 44.8 Å². The van der Waals surface area contributed by atoms with E-state index in [0.717, 1.165) is 11.4 Å². The predicted octanol–water partition coefficient (Wildman–Crippen LogP) is 9.91. The maximum atomic E-state index is 4.86. The zero-order valence-corrected chi connectivity index (χ0v) is 32.1. The zero-order valence-electron chi connectivity index (χ0n) is 28.6. The Morgan fingerprint density at radius 2 is 0.816 bits per heavy atom. The van der Waals surface area contributed by atoms with Gasteiger partial charge in [-0.1, -0.05) is 0 Å². The summed E-state index contributed by atoms with van der Waals surface area (Å²) in [6.45, 7) is 8.97. The van der Waals surface area contributed by atoms with Gasteiger partial charge in [0.05, 0.1) is 0 Å². The number of hydrogen-bond acceptors (Lipinski definition) is 2. The first-order chi connectivity index (χ1) is 24.0. The van der Waals surface area contributed by atoms with Gasteiger partial charge in [-0.3, -0.25) is 0 Å². The molecule has 0 saturated carbocycles. The molecule has 0 N–H and O–H groups in total. The van der Waals surface area contributed by atoms with Crippen LogP contribution in [0.3, 0.4) is 0 Å². The summed E-state index contributed by atoms with van der Waals surface area (Å²) in [5.74, 6) is 0.876. The summed E-state index contributed by atoms with van der Waals surface area (Å²) in [4.78, 5) is 9.72. The van der Waals surface area contributed by atoms with E-state index in [2.05, 4.69) is 179 Å². The molecular formula is C46H41BiN2. The Morgan fingerprint density at radius 1 is 0.408 bits per heavy atom. The van der Waals surface area contributed by atoms with Gasteiger partial charge in [-0.2, -0.15) is 0 Å². The monoisotopic (exact) mass is 830 g/mol. The van der Waals surface area contributed by atoms with E-state index in [0.29, 0.717) is 11.8 Å². The second-order valence-corrected chi connectivity index (χ2v) is 21.5. The standard InChI is InChI=1S/C18H13.2C14H14N.Bi/c1-3-8-15(9-4-1)17-12-7-13-18(14-17)16-10-5-2-6-11-16;2*1-11(2)13-8-9-15-14(10-13)12-6-4-3-5-7-12;/h1-13H;2*3-4,6-11H,1-2H3;. The van der Waals surface area contributed by atoms with Gasteiger partial charge in [0, 0.05) is 0 Å². The summed E-state index contributed by atoms with van der Waals surface area (Å²) in [6, 6.07) is 56.0. The molecule has 3 heteroatoms. The van der Waals surface area contributed by atoms with Crippen LogP contribution in [-0.4, -0.2) is 31.7 Å². The number of hydrogen-bond donors (Lipinski definition) is 0. The topological polar surface area (TPSA) is 25.8 Å². The molecule has 240 valence electrons. The first-order valence-corrected chi connectivity index (χ1v) is 22.3. The van der Waals surface area contributed by atoms with Crippen LogP contribution in [0.2, 0.25) is 0 Å². The third-order valence-electron chi connectivity index (χ3n) is 9.13. The van der Waals surface area contributed by atoms with Gasteiger partial charge in [0.15, 0.2) is 0 Å². The Balaban J connectivity index is 1.50. The normalized spacial score (nSPS) is 11.4. The van der Waals surface area contributed by atoms with Crippen molar-refractivity contribution in [3.63, 3.8) is 0 Å². The van der Waals surface area contributed by atoms with E-state index in [-0.39, 0.29) is 0 Å². The molecule has 0 atom stereocenters. The van der Waals surface area contributed by atoms with Crippen molar-refractivity contribution in [1.82, 2.24) is 9.97 Å². The Labute approximate surface area is 299 Å². The molecule has 0 saturated heterocycles. The van der Waals surface area contributed by atoms with Crippen LogP contribution in [0.1, 0.15) is 50.7 Å². The van der Waals surface area contributed by atoms with Crippen molar-refractivity contribution in [1.29, 1.82) is 0 Å². The van der Waals surface area contributed by atoms with Gasteiger partial charge >= 0.3 is 301 Å². The van der Waals surface area contributed by atoms with E-state index >= 15 is 0 Å². The molecule has 5 aromatic carbocycles. The molecule has 2 heterocycles. The van der Waals surface area contributed by atoms with Gasteiger partial charge in [0.25, 0.3) is 0 Å². The van der Waals surface area contributed by atoms with Gasteiger partial charge in [0.2, 0.25) is 0 Å². The summed E-state index contributed by atoms with van der Waals surface area (Å²) < 4.78 is 4.33. The van der Waals surface area contributed by atoms with Gasteiger partial charge < -0.3 is 0 Å². The molecule has 0 unspecified atom stereocenters. The van der Waals surface area contributed by atoms with Crippen LogP contribution in [-0.2, 0) is 0 Å². The average Bonchev–Trinajstić information content (AvgIpc) is 3.16. The van der Waals surface area contributed by atoms with Gasteiger partial charge in [-0.05, 0) is 0 Å². The minimum atomic E-state index is -3.12. The van der Waals surface area contributed by atoms with Crippen molar-refractivity contribution >= 4 is 31.6 Å². The van der Waals surface area contributed by atoms with E-state index in [4.69, 9.17) is 9.97 Å². The Kier molecular flexibility index (Phi) is 9.92. The van der Waals surface area contributed by atoms with Crippen LogP contribution in [0.25, 0.3) is 44.8 Å². The fourth-order valence-corrected chi connectivity index (χ4v) is 17.0. The molecule has 0 aliphatic carbocycles. The minimum absolute atomic E-state index is 0.438. The molecule has 0 fully saturated rings. The Morgan fingerprint density at radius 3 is 1.24 bits per heavy atom. The Hall–Kier alpha value is -4.72. The third-order valence-corrected chi connectivity index (χ3v) is 18.9. The average molecular weight is 831 g/mol. The van der Waals surface area contributed by atoms with Crippen LogP contribution in [0.15, 0.2) is 164 Å². The molecule has 0 aliphatic rings. The zero-order chi connectivity index (χ0) is 33.7. The molecule has 2 nitrogen and oxygen atoms in total. The van der Waals surface area contributed by atoms with Gasteiger partial charge in [-0.25, -0.2) is 0 Å². The maximum absolute atomic E-state index is 4.86. The molecule has 7 aromatic rings. The number of aromatic nitrogens is 2. The third kappa shape index (κ3) is 7.19. The van der Waals surface area contributed by atoms with Crippen molar-refractivity contribution in [2.24, 2.45) is 0 Å². The van der Waals surface area contributed by atoms with Crippen LogP contribution in [0, 0.1) is 0 Å². The quantitative estimate of drug-likeness (QED) is 0.136. The Bertz CT molecular complexity index is 2040. The fourth-order valence-electron chi connectivity index (χ4n) is 6.43. The number of pyridine rings is 2. The van der Waals surface area contributed by atoms with Crippen molar-refractivity contribution in [2.75, 3.05) is 0 Å². The van der Waals surface area contributed by atoms with Crippen LogP contribution >= 0.6 is 0 Å². The van der Waals surface area contributed by atoms with Crippen molar-refractivity contribution < 1.29 is 0 Å². The molecule has 2 aromatic heterocycles. The van der Waals surface area contributed by atoms with E-state index < -0.39 is 21.8 Å². The molecule has 0 aliphatic heterocycles. The second-order valence-electron chi connectivity index (χ2n) is 13.1. The number of nitrogens with zero attached hydrogens (tertiary/aromatic N) is 2. The SMILES string of the molecule is CC(C)c1ccnc(-c2ccc[c]([Bi]([c]3cccc(-c4cc(C(C)C)ccn4)c3)[c]3c(-c4ccccc4)cccc3-c3ccccc3)c2)c1. The van der Waals surface area contributed by atoms with Crippen molar-refractivity contribution in [3.05, 3.63) is 175 Å². The van der Waals surface area contributed by atoms with E-state index in [1.54, 1.807) is 0 Å². The summed E-state index contributed by atoms with van der Waals surface area (Å²) >= 11 is -3.12. The first-order valence-electron chi connectivity index (χ1n) is 17.1. The molecule has 0 amide bonds. The molecule has 0 radical (unpaired) electrons. The predicted molar refractivity (Wildman–Crippen MR) is 209 cm³/mol. The number of benzene rings is 5. The van der Waals surface area contributed by atoms with E-state index in [9.17, 15) is 0 Å². The molecular weight excluding hydrogens is 789 g/mol.